The molecule has 2 bridgehead atoms. The normalized spacial score (nSPS) is 29.0. The number of nitrogens with one attached hydrogen (secondary N) is 1. The Kier molecular flexibility index (Phi) is 3.17. The lowest BCUT2D eigenvalue weighted by Gasteiger charge is -2.29. The van der Waals surface area contributed by atoms with Crippen LogP contribution in [0.15, 0.2) is 4.40 Å². The van der Waals surface area contributed by atoms with Crippen molar-refractivity contribution in [3.05, 3.63) is 0 Å². The maximum atomic E-state index is 11.7. The SMILES string of the molecule is CNS(=O)(=O)N=C(N)[C@@H]1CC[C@@H]2CN1C(=O)N2O. The van der Waals surface area contributed by atoms with Gasteiger partial charge in [-0.25, -0.2) is 9.86 Å². The number of hydrogen-bond acceptors (Lipinski definition) is 4. The van der Waals surface area contributed by atoms with Crippen molar-refractivity contribution >= 4 is 22.1 Å². The number of fused-ring (bicyclic) bond motifs is 2. The zero-order chi connectivity index (χ0) is 13.5. The molecule has 0 aromatic heterocycles. The first-order valence-corrected chi connectivity index (χ1v) is 6.87. The summed E-state index contributed by atoms with van der Waals surface area (Å²) in [7, 11) is -2.60. The van der Waals surface area contributed by atoms with E-state index in [0.29, 0.717) is 24.4 Å². The predicted octanol–water partition coefficient (Wildman–Crippen LogP) is -1.53. The van der Waals surface area contributed by atoms with E-state index in [0.717, 1.165) is 0 Å². The molecule has 2 saturated heterocycles. The summed E-state index contributed by atoms with van der Waals surface area (Å²) in [5.74, 6) is -0.147. The van der Waals surface area contributed by atoms with E-state index in [9.17, 15) is 18.4 Å². The van der Waals surface area contributed by atoms with Gasteiger partial charge in [0, 0.05) is 13.6 Å². The number of carbonyl (C=O) groups is 1. The van der Waals surface area contributed by atoms with Crippen molar-refractivity contribution in [3.63, 3.8) is 0 Å². The van der Waals surface area contributed by atoms with Gasteiger partial charge >= 0.3 is 16.2 Å². The topological polar surface area (TPSA) is 128 Å². The van der Waals surface area contributed by atoms with E-state index in [2.05, 4.69) is 4.40 Å². The average molecular weight is 277 g/mol. The predicted molar refractivity (Wildman–Crippen MR) is 62.1 cm³/mol. The van der Waals surface area contributed by atoms with E-state index in [1.807, 2.05) is 4.72 Å². The summed E-state index contributed by atoms with van der Waals surface area (Å²) in [6.45, 7) is 0.329. The van der Waals surface area contributed by atoms with Gasteiger partial charge < -0.3 is 10.6 Å². The Morgan fingerprint density at radius 2 is 2.22 bits per heavy atom. The molecule has 0 unspecified atom stereocenters. The summed E-state index contributed by atoms with van der Waals surface area (Å²) in [6.07, 6.45) is 1.03. The highest BCUT2D eigenvalue weighted by molar-refractivity contribution is 7.88. The number of piperidine rings is 1. The van der Waals surface area contributed by atoms with E-state index in [-0.39, 0.29) is 11.9 Å². The number of hydroxylamine groups is 2. The van der Waals surface area contributed by atoms with Crippen molar-refractivity contribution in [1.29, 1.82) is 0 Å². The van der Waals surface area contributed by atoms with Gasteiger partial charge in [-0.2, -0.15) is 13.1 Å². The molecule has 2 fully saturated rings. The van der Waals surface area contributed by atoms with Gasteiger partial charge in [-0.1, -0.05) is 0 Å². The standard InChI is InChI=1S/C8H15N5O4S/c1-10-18(16,17)11-7(9)6-3-2-5-4-12(6)8(14)13(5)15/h5-6,10,15H,2-4H2,1H3,(H2,9,11)/t5-,6+/m1/s1. The molecule has 18 heavy (non-hydrogen) atoms. The molecule has 2 atom stereocenters. The van der Waals surface area contributed by atoms with Crippen LogP contribution in [0.4, 0.5) is 4.79 Å². The molecule has 4 N–H and O–H groups in total. The third-order valence-electron chi connectivity index (χ3n) is 3.17. The molecule has 0 radical (unpaired) electrons. The van der Waals surface area contributed by atoms with Crippen LogP contribution in [0.1, 0.15) is 12.8 Å². The highest BCUT2D eigenvalue weighted by Gasteiger charge is 2.45. The first-order chi connectivity index (χ1) is 8.35. The second-order valence-corrected chi connectivity index (χ2v) is 5.76. The van der Waals surface area contributed by atoms with E-state index >= 15 is 0 Å². The first-order valence-electron chi connectivity index (χ1n) is 5.43. The monoisotopic (exact) mass is 277 g/mol. The minimum absolute atomic E-state index is 0.147. The maximum absolute atomic E-state index is 11.7. The molecule has 2 aliphatic rings. The summed E-state index contributed by atoms with van der Waals surface area (Å²) < 4.78 is 27.9. The van der Waals surface area contributed by atoms with Crippen LogP contribution in [-0.2, 0) is 10.2 Å². The molecular weight excluding hydrogens is 262 g/mol. The van der Waals surface area contributed by atoms with E-state index in [1.165, 1.54) is 11.9 Å². The summed E-state index contributed by atoms with van der Waals surface area (Å²) in [5, 5.41) is 10.1. The largest absolute Gasteiger partial charge is 0.385 e. The number of amidine groups is 1. The van der Waals surface area contributed by atoms with Crippen LogP contribution < -0.4 is 10.5 Å². The van der Waals surface area contributed by atoms with Crippen LogP contribution in [0.25, 0.3) is 0 Å². The number of rotatable bonds is 3. The molecule has 0 saturated carbocycles. The van der Waals surface area contributed by atoms with Crippen LogP contribution in [0.2, 0.25) is 0 Å². The maximum Gasteiger partial charge on any atom is 0.344 e. The zero-order valence-electron chi connectivity index (χ0n) is 9.78. The lowest BCUT2D eigenvalue weighted by Crippen LogP contribution is -2.48. The summed E-state index contributed by atoms with van der Waals surface area (Å²) in [4.78, 5) is 13.0. The molecule has 2 aliphatic heterocycles. The highest BCUT2D eigenvalue weighted by atomic mass is 32.2. The molecule has 9 nitrogen and oxygen atoms in total. The van der Waals surface area contributed by atoms with Crippen molar-refractivity contribution in [2.75, 3.05) is 13.6 Å². The van der Waals surface area contributed by atoms with E-state index < -0.39 is 22.3 Å². The molecule has 0 spiro atoms. The van der Waals surface area contributed by atoms with Gasteiger partial charge in [-0.05, 0) is 12.8 Å². The Morgan fingerprint density at radius 1 is 1.56 bits per heavy atom. The molecule has 102 valence electrons. The number of hydrogen-bond donors (Lipinski definition) is 3. The van der Waals surface area contributed by atoms with Gasteiger partial charge in [0.15, 0.2) is 0 Å². The number of nitrogens with zero attached hydrogens (tertiary/aromatic N) is 3. The van der Waals surface area contributed by atoms with Gasteiger partial charge in [0.05, 0.1) is 12.1 Å². The van der Waals surface area contributed by atoms with Crippen molar-refractivity contribution in [2.45, 2.75) is 24.9 Å². The van der Waals surface area contributed by atoms with Crippen molar-refractivity contribution in [3.8, 4) is 0 Å². The average Bonchev–Trinajstić information content (AvgIpc) is 2.54. The van der Waals surface area contributed by atoms with Crippen LogP contribution in [-0.4, -0.2) is 61.1 Å². The molecule has 0 aliphatic carbocycles. The van der Waals surface area contributed by atoms with Crippen LogP contribution >= 0.6 is 0 Å². The van der Waals surface area contributed by atoms with E-state index in [4.69, 9.17) is 5.73 Å². The third kappa shape index (κ3) is 2.13. The van der Waals surface area contributed by atoms with Gasteiger partial charge in [0.1, 0.15) is 5.84 Å². The molecule has 2 amide bonds. The lowest BCUT2D eigenvalue weighted by atomic mass is 10.0. The minimum atomic E-state index is -3.82. The number of urea groups is 1. The molecule has 2 heterocycles. The quantitative estimate of drug-likeness (QED) is 0.327. The van der Waals surface area contributed by atoms with E-state index in [1.54, 1.807) is 0 Å². The summed E-state index contributed by atoms with van der Waals surface area (Å²) in [5.41, 5.74) is 5.64. The fraction of sp³-hybridized carbons (Fsp3) is 0.750. The Bertz CT molecular complexity index is 490. The number of amides is 2. The Balaban J connectivity index is 2.23. The highest BCUT2D eigenvalue weighted by Crippen LogP contribution is 2.28. The minimum Gasteiger partial charge on any atom is -0.385 e. The smallest absolute Gasteiger partial charge is 0.344 e. The molecule has 0 aromatic rings. The zero-order valence-corrected chi connectivity index (χ0v) is 10.6. The molecule has 2 rings (SSSR count). The van der Waals surface area contributed by atoms with Gasteiger partial charge in [0.2, 0.25) is 0 Å². The molecule has 10 heteroatoms. The van der Waals surface area contributed by atoms with Gasteiger partial charge in [0.25, 0.3) is 0 Å². The lowest BCUT2D eigenvalue weighted by molar-refractivity contribution is -0.0583. The van der Waals surface area contributed by atoms with Gasteiger partial charge in [-0.15, -0.1) is 4.40 Å². The van der Waals surface area contributed by atoms with Crippen molar-refractivity contribution in [2.24, 2.45) is 10.1 Å². The van der Waals surface area contributed by atoms with Crippen molar-refractivity contribution < 1.29 is 18.4 Å². The van der Waals surface area contributed by atoms with Crippen LogP contribution in [0.5, 0.6) is 0 Å². The number of carbonyl (C=O) groups excluding carboxylic acids is 1. The Hall–Kier alpha value is -1.39. The third-order valence-corrected chi connectivity index (χ3v) is 4.14. The summed E-state index contributed by atoms with van der Waals surface area (Å²) >= 11 is 0. The van der Waals surface area contributed by atoms with Gasteiger partial charge in [-0.3, -0.25) is 5.21 Å². The summed E-state index contributed by atoms with van der Waals surface area (Å²) in [6, 6.07) is -1.40. The Labute approximate surface area is 104 Å². The molecule has 0 aromatic carbocycles. The van der Waals surface area contributed by atoms with Crippen molar-refractivity contribution in [1.82, 2.24) is 14.7 Å². The van der Waals surface area contributed by atoms with Crippen LogP contribution in [0, 0.1) is 0 Å². The second kappa shape index (κ2) is 4.37. The fourth-order valence-corrected chi connectivity index (χ4v) is 2.69. The van der Waals surface area contributed by atoms with Crippen LogP contribution in [0.3, 0.4) is 0 Å². The second-order valence-electron chi connectivity index (χ2n) is 4.22. The number of nitrogens with two attached hydrogens (primary N) is 1. The molecular formula is C8H15N5O4S. The Morgan fingerprint density at radius 3 is 2.83 bits per heavy atom. The first kappa shape index (κ1) is 13.1. The fourth-order valence-electron chi connectivity index (χ4n) is 2.20.